The Morgan fingerprint density at radius 1 is 1.45 bits per heavy atom. The molecule has 0 saturated carbocycles. The second-order valence-corrected chi connectivity index (χ2v) is 5.21. The van der Waals surface area contributed by atoms with Crippen LogP contribution in [0.1, 0.15) is 19.8 Å². The van der Waals surface area contributed by atoms with Gasteiger partial charge in [-0.3, -0.25) is 9.59 Å². The molecule has 1 aliphatic heterocycles. The molecule has 7 heteroatoms. The van der Waals surface area contributed by atoms with Gasteiger partial charge in [0.15, 0.2) is 0 Å². The van der Waals surface area contributed by atoms with Crippen molar-refractivity contribution in [2.45, 2.75) is 19.8 Å². The highest BCUT2D eigenvalue weighted by Gasteiger charge is 2.31. The van der Waals surface area contributed by atoms with E-state index >= 15 is 0 Å². The lowest BCUT2D eigenvalue weighted by molar-refractivity contribution is -0.146. The summed E-state index contributed by atoms with van der Waals surface area (Å²) in [5.74, 6) is -2.15. The molecule has 0 radical (unpaired) electrons. The van der Waals surface area contributed by atoms with Crippen molar-refractivity contribution in [1.29, 1.82) is 0 Å². The van der Waals surface area contributed by atoms with Crippen LogP contribution in [0.15, 0.2) is 0 Å². The first-order valence-electron chi connectivity index (χ1n) is 6.67. The summed E-state index contributed by atoms with van der Waals surface area (Å²) in [5, 5.41) is 8.86. The SMILES string of the molecule is COC(=O)C1CCCN(C(=O)N(C)CC(C)C(=O)O)C1. The largest absolute Gasteiger partial charge is 0.481 e. The number of amides is 2. The smallest absolute Gasteiger partial charge is 0.319 e. The minimum Gasteiger partial charge on any atom is -0.481 e. The summed E-state index contributed by atoms with van der Waals surface area (Å²) >= 11 is 0. The number of carbonyl (C=O) groups is 3. The Morgan fingerprint density at radius 3 is 2.65 bits per heavy atom. The molecule has 1 heterocycles. The maximum atomic E-state index is 12.2. The Kier molecular flexibility index (Phi) is 5.79. The average molecular weight is 286 g/mol. The fraction of sp³-hybridized carbons (Fsp3) is 0.769. The molecule has 0 aromatic carbocycles. The van der Waals surface area contributed by atoms with Crippen LogP contribution in [-0.2, 0) is 14.3 Å². The number of nitrogens with zero attached hydrogens (tertiary/aromatic N) is 2. The lowest BCUT2D eigenvalue weighted by atomic mass is 9.98. The van der Waals surface area contributed by atoms with E-state index in [0.717, 1.165) is 6.42 Å². The lowest BCUT2D eigenvalue weighted by Gasteiger charge is -2.34. The first-order valence-corrected chi connectivity index (χ1v) is 6.67. The van der Waals surface area contributed by atoms with E-state index in [9.17, 15) is 14.4 Å². The molecule has 0 aliphatic carbocycles. The molecule has 1 fully saturated rings. The zero-order chi connectivity index (χ0) is 15.3. The van der Waals surface area contributed by atoms with E-state index < -0.39 is 11.9 Å². The van der Waals surface area contributed by atoms with Crippen LogP contribution in [0.5, 0.6) is 0 Å². The lowest BCUT2D eigenvalue weighted by Crippen LogP contribution is -2.49. The van der Waals surface area contributed by atoms with Crippen molar-refractivity contribution in [2.24, 2.45) is 11.8 Å². The van der Waals surface area contributed by atoms with Crippen LogP contribution in [0.25, 0.3) is 0 Å². The number of hydrogen-bond acceptors (Lipinski definition) is 4. The van der Waals surface area contributed by atoms with Crippen LogP contribution in [0.2, 0.25) is 0 Å². The highest BCUT2D eigenvalue weighted by molar-refractivity contribution is 5.78. The number of esters is 1. The predicted octanol–water partition coefficient (Wildman–Crippen LogP) is 0.644. The Bertz CT molecular complexity index is 385. The fourth-order valence-electron chi connectivity index (χ4n) is 2.32. The van der Waals surface area contributed by atoms with Gasteiger partial charge in [0.05, 0.1) is 18.9 Å². The van der Waals surface area contributed by atoms with Crippen molar-refractivity contribution in [3.63, 3.8) is 0 Å². The van der Waals surface area contributed by atoms with Crippen LogP contribution in [0.4, 0.5) is 4.79 Å². The van der Waals surface area contributed by atoms with Gasteiger partial charge in [0.1, 0.15) is 0 Å². The van der Waals surface area contributed by atoms with Gasteiger partial charge in [-0.15, -0.1) is 0 Å². The van der Waals surface area contributed by atoms with Gasteiger partial charge in [-0.1, -0.05) is 6.92 Å². The molecule has 0 aromatic heterocycles. The standard InChI is InChI=1S/C13H22N2O5/c1-9(11(16)17)7-14(2)13(19)15-6-4-5-10(8-15)12(18)20-3/h9-10H,4-8H2,1-3H3,(H,16,17). The number of methoxy groups -OCH3 is 1. The Hall–Kier alpha value is -1.79. The summed E-state index contributed by atoms with van der Waals surface area (Å²) in [6.45, 7) is 2.61. The zero-order valence-corrected chi connectivity index (χ0v) is 12.2. The fourth-order valence-corrected chi connectivity index (χ4v) is 2.32. The highest BCUT2D eigenvalue weighted by atomic mass is 16.5. The molecule has 7 nitrogen and oxygen atoms in total. The van der Waals surface area contributed by atoms with Gasteiger partial charge in [0.25, 0.3) is 0 Å². The Morgan fingerprint density at radius 2 is 2.10 bits per heavy atom. The Balaban J connectivity index is 2.57. The monoisotopic (exact) mass is 286 g/mol. The molecule has 0 spiro atoms. The highest BCUT2D eigenvalue weighted by Crippen LogP contribution is 2.19. The van der Waals surface area contributed by atoms with Crippen LogP contribution < -0.4 is 0 Å². The predicted molar refractivity (Wildman–Crippen MR) is 71.1 cm³/mol. The summed E-state index contributed by atoms with van der Waals surface area (Å²) in [5.41, 5.74) is 0. The van der Waals surface area contributed by atoms with Crippen LogP contribution in [-0.4, -0.2) is 66.7 Å². The van der Waals surface area contributed by atoms with E-state index in [-0.39, 0.29) is 24.5 Å². The van der Waals surface area contributed by atoms with Gasteiger partial charge in [-0.05, 0) is 12.8 Å². The van der Waals surface area contributed by atoms with Crippen LogP contribution in [0, 0.1) is 11.8 Å². The number of hydrogen-bond donors (Lipinski definition) is 1. The van der Waals surface area contributed by atoms with Gasteiger partial charge in [-0.2, -0.15) is 0 Å². The van der Waals surface area contributed by atoms with Gasteiger partial charge >= 0.3 is 18.0 Å². The number of urea groups is 1. The zero-order valence-electron chi connectivity index (χ0n) is 12.2. The molecule has 0 bridgehead atoms. The quantitative estimate of drug-likeness (QED) is 0.766. The van der Waals surface area contributed by atoms with E-state index in [1.807, 2.05) is 0 Å². The van der Waals surface area contributed by atoms with Crippen molar-refractivity contribution in [3.05, 3.63) is 0 Å². The molecular formula is C13H22N2O5. The number of aliphatic carboxylic acids is 1. The maximum absolute atomic E-state index is 12.2. The molecule has 0 aromatic rings. The number of carboxylic acids is 1. The summed E-state index contributed by atoms with van der Waals surface area (Å²) in [7, 11) is 2.91. The van der Waals surface area contributed by atoms with Crippen molar-refractivity contribution in [2.75, 3.05) is 33.8 Å². The Labute approximate surface area is 118 Å². The number of piperidine rings is 1. The number of carbonyl (C=O) groups excluding carboxylic acids is 2. The minimum absolute atomic E-state index is 0.146. The number of ether oxygens (including phenoxy) is 1. The molecule has 1 rings (SSSR count). The van der Waals surface area contributed by atoms with Crippen LogP contribution in [0.3, 0.4) is 0 Å². The maximum Gasteiger partial charge on any atom is 0.319 e. The summed E-state index contributed by atoms with van der Waals surface area (Å²) in [6, 6.07) is -0.244. The summed E-state index contributed by atoms with van der Waals surface area (Å²) in [6.07, 6.45) is 1.46. The molecule has 2 atom stereocenters. The van der Waals surface area contributed by atoms with Gasteiger partial charge in [0, 0.05) is 26.7 Å². The molecule has 2 amide bonds. The summed E-state index contributed by atoms with van der Waals surface area (Å²) < 4.78 is 4.71. The van der Waals surface area contributed by atoms with Crippen molar-refractivity contribution >= 4 is 18.0 Å². The second-order valence-electron chi connectivity index (χ2n) is 5.21. The topological polar surface area (TPSA) is 87.2 Å². The molecule has 20 heavy (non-hydrogen) atoms. The van der Waals surface area contributed by atoms with E-state index in [2.05, 4.69) is 0 Å². The molecule has 1 aliphatic rings. The number of carboxylic acid groups (broad SMARTS) is 1. The first-order chi connectivity index (χ1) is 9.36. The van der Waals surface area contributed by atoms with Gasteiger partial charge in [0.2, 0.25) is 0 Å². The molecule has 1 saturated heterocycles. The van der Waals surface area contributed by atoms with Gasteiger partial charge < -0.3 is 19.6 Å². The third-order valence-electron chi connectivity index (χ3n) is 3.52. The van der Waals surface area contributed by atoms with Crippen molar-refractivity contribution < 1.29 is 24.2 Å². The second kappa shape index (κ2) is 7.12. The van der Waals surface area contributed by atoms with E-state index in [1.165, 1.54) is 12.0 Å². The average Bonchev–Trinajstić information content (AvgIpc) is 2.45. The molecule has 1 N–H and O–H groups in total. The van der Waals surface area contributed by atoms with Crippen molar-refractivity contribution in [1.82, 2.24) is 9.80 Å². The molecule has 2 unspecified atom stereocenters. The number of likely N-dealkylation sites (tertiary alicyclic amines) is 1. The third kappa shape index (κ3) is 4.11. The molecular weight excluding hydrogens is 264 g/mol. The van der Waals surface area contributed by atoms with Gasteiger partial charge in [-0.25, -0.2) is 4.79 Å². The van der Waals surface area contributed by atoms with E-state index in [0.29, 0.717) is 19.5 Å². The van der Waals surface area contributed by atoms with E-state index in [1.54, 1.807) is 18.9 Å². The third-order valence-corrected chi connectivity index (χ3v) is 3.52. The minimum atomic E-state index is -0.935. The normalized spacial score (nSPS) is 20.1. The first kappa shape index (κ1) is 16.3. The van der Waals surface area contributed by atoms with Crippen molar-refractivity contribution in [3.8, 4) is 0 Å². The molecule has 114 valence electrons. The van der Waals surface area contributed by atoms with Crippen LogP contribution >= 0.6 is 0 Å². The summed E-state index contributed by atoms with van der Waals surface area (Å²) in [4.78, 5) is 37.5. The number of rotatable bonds is 4. The van der Waals surface area contributed by atoms with E-state index in [4.69, 9.17) is 9.84 Å².